The number of carboxylic acid groups (broad SMARTS) is 1. The summed E-state index contributed by atoms with van der Waals surface area (Å²) in [4.78, 5) is 25.2. The van der Waals surface area contributed by atoms with Gasteiger partial charge in [-0.25, -0.2) is 8.78 Å². The molecule has 4 aromatic rings. The van der Waals surface area contributed by atoms with Gasteiger partial charge in [-0.1, -0.05) is 42.5 Å². The molecule has 11 heteroatoms. The number of nitrogens with one attached hydrogen (secondary N) is 1. The van der Waals surface area contributed by atoms with Gasteiger partial charge in [0.2, 0.25) is 0 Å². The second kappa shape index (κ2) is 16.9. The minimum absolute atomic E-state index is 0. The van der Waals surface area contributed by atoms with Crippen molar-refractivity contribution in [2.75, 3.05) is 7.11 Å². The maximum Gasteiger partial charge on any atom is 1.00 e. The van der Waals surface area contributed by atoms with Crippen molar-refractivity contribution in [1.82, 2.24) is 9.88 Å². The Kier molecular flexibility index (Phi) is 13.5. The van der Waals surface area contributed by atoms with Crippen molar-refractivity contribution in [3.8, 4) is 28.0 Å². The summed E-state index contributed by atoms with van der Waals surface area (Å²) < 4.78 is 35.2. The third kappa shape index (κ3) is 9.39. The second-order valence-corrected chi connectivity index (χ2v) is 11.3. The van der Waals surface area contributed by atoms with Crippen LogP contribution in [0.15, 0.2) is 78.9 Å². The fourth-order valence-corrected chi connectivity index (χ4v) is 5.41. The average Bonchev–Trinajstić information content (AvgIpc) is 3.36. The van der Waals surface area contributed by atoms with E-state index in [4.69, 9.17) is 4.74 Å². The maximum absolute atomic E-state index is 14.3. The van der Waals surface area contributed by atoms with Crippen molar-refractivity contribution in [2.45, 2.75) is 57.9 Å². The molecule has 0 aliphatic carbocycles. The number of aliphatic hydroxyl groups excluding tert-OH is 2. The number of aromatic nitrogens is 1. The maximum atomic E-state index is 14.3. The molecule has 3 aromatic carbocycles. The summed E-state index contributed by atoms with van der Waals surface area (Å²) in [6.07, 6.45) is -0.501. The quantitative estimate of drug-likeness (QED) is 0.191. The Morgan fingerprint density at radius 2 is 1.43 bits per heavy atom. The molecule has 4 rings (SSSR count). The first kappa shape index (κ1) is 37.7. The molecule has 1 amide bonds. The van der Waals surface area contributed by atoms with E-state index in [1.54, 1.807) is 54.2 Å². The molecule has 0 fully saturated rings. The molecule has 1 heterocycles. The average molecular weight is 655 g/mol. The Morgan fingerprint density at radius 1 is 0.894 bits per heavy atom. The number of hydrogen-bond acceptors (Lipinski definition) is 6. The molecule has 8 nitrogen and oxygen atoms in total. The Bertz CT molecular complexity index is 1690. The number of carboxylic acids is 1. The Hall–Kier alpha value is -3.80. The van der Waals surface area contributed by atoms with Crippen molar-refractivity contribution in [1.29, 1.82) is 0 Å². The number of carbonyl (C=O) groups is 2. The van der Waals surface area contributed by atoms with E-state index in [-0.39, 0.29) is 47.7 Å². The minimum atomic E-state index is -1.44. The molecule has 242 valence electrons. The Balaban J connectivity index is 0.00000600. The van der Waals surface area contributed by atoms with Crippen molar-refractivity contribution < 1.29 is 68.0 Å². The Labute approximate surface area is 295 Å². The standard InChI is InChI=1S/C36H38F2N2O6.Na/c1-21(2)40-31(18-15-28(41)19-29(42)20-32(43)44)33(24-5-11-26(37)12-6-24)34(25-7-13-27(38)14-8-25)35(40)36(45)39-22(3)23-9-16-30(46-4)17-10-23;/h5-18,21-22,28-29,41-42H,19-20H2,1-4H3,(H,39,45)(H,43,44);/q;+1/p-1/t22-,28+,29+;/m0./s1. The van der Waals surface area contributed by atoms with Crippen LogP contribution in [0.25, 0.3) is 28.3 Å². The van der Waals surface area contributed by atoms with Gasteiger partial charge in [-0.2, -0.15) is 0 Å². The van der Waals surface area contributed by atoms with Gasteiger partial charge < -0.3 is 34.7 Å². The number of methoxy groups -OCH3 is 1. The first-order chi connectivity index (χ1) is 21.9. The number of aliphatic carboxylic acids is 1. The van der Waals surface area contributed by atoms with E-state index < -0.39 is 48.2 Å². The van der Waals surface area contributed by atoms with Crippen molar-refractivity contribution >= 4 is 18.0 Å². The first-order valence-electron chi connectivity index (χ1n) is 14.9. The first-order valence-corrected chi connectivity index (χ1v) is 14.9. The second-order valence-electron chi connectivity index (χ2n) is 11.3. The SMILES string of the molecule is COc1ccc([C@H](C)NC(=O)c2c(-c3ccc(F)cc3)c(-c3ccc(F)cc3)c(C=C[C@@H](O)C[C@@H](O)CC(=O)[O-])n2C(C)C)cc1.[Na+]. The van der Waals surface area contributed by atoms with Crippen LogP contribution in [0.5, 0.6) is 5.75 Å². The number of rotatable bonds is 13. The van der Waals surface area contributed by atoms with Crippen LogP contribution < -0.4 is 44.7 Å². The molecule has 3 N–H and O–H groups in total. The van der Waals surface area contributed by atoms with Crippen LogP contribution in [-0.4, -0.2) is 46.0 Å². The van der Waals surface area contributed by atoms with E-state index in [0.717, 1.165) is 5.56 Å². The van der Waals surface area contributed by atoms with E-state index in [2.05, 4.69) is 5.32 Å². The number of halogens is 2. The van der Waals surface area contributed by atoms with Gasteiger partial charge >= 0.3 is 29.6 Å². The number of nitrogens with zero attached hydrogens (tertiary/aromatic N) is 1. The van der Waals surface area contributed by atoms with Gasteiger partial charge in [0.25, 0.3) is 5.91 Å². The number of ether oxygens (including phenoxy) is 1. The number of carbonyl (C=O) groups excluding carboxylic acids is 2. The zero-order valence-electron chi connectivity index (χ0n) is 27.0. The fraction of sp³-hybridized carbons (Fsp3) is 0.278. The zero-order chi connectivity index (χ0) is 33.5. The number of benzene rings is 3. The van der Waals surface area contributed by atoms with E-state index in [9.17, 15) is 33.7 Å². The molecule has 0 bridgehead atoms. The van der Waals surface area contributed by atoms with Crippen molar-refractivity contribution in [3.63, 3.8) is 0 Å². The third-order valence-corrected chi connectivity index (χ3v) is 7.60. The summed E-state index contributed by atoms with van der Waals surface area (Å²) in [6.45, 7) is 5.60. The van der Waals surface area contributed by atoms with E-state index in [1.165, 1.54) is 30.3 Å². The van der Waals surface area contributed by atoms with Crippen LogP contribution in [0.1, 0.15) is 67.4 Å². The number of hydrogen-bond donors (Lipinski definition) is 3. The minimum Gasteiger partial charge on any atom is -0.550 e. The van der Waals surface area contributed by atoms with Crippen LogP contribution in [0.3, 0.4) is 0 Å². The van der Waals surface area contributed by atoms with E-state index in [0.29, 0.717) is 33.7 Å². The molecular formula is C36H37F2N2NaO6. The number of amides is 1. The monoisotopic (exact) mass is 654 g/mol. The summed E-state index contributed by atoms with van der Waals surface area (Å²) >= 11 is 0. The summed E-state index contributed by atoms with van der Waals surface area (Å²) in [6, 6.07) is 18.0. The third-order valence-electron chi connectivity index (χ3n) is 7.60. The molecule has 0 aliphatic heterocycles. The summed E-state index contributed by atoms with van der Waals surface area (Å²) in [5.74, 6) is -2.13. The van der Waals surface area contributed by atoms with Crippen molar-refractivity contribution in [3.05, 3.63) is 107 Å². The van der Waals surface area contributed by atoms with Crippen LogP contribution in [0.4, 0.5) is 8.78 Å². The van der Waals surface area contributed by atoms with Gasteiger partial charge in [0.05, 0.1) is 25.4 Å². The predicted molar refractivity (Wildman–Crippen MR) is 170 cm³/mol. The summed E-state index contributed by atoms with van der Waals surface area (Å²) in [5, 5.41) is 34.7. The topological polar surface area (TPSA) is 124 Å². The molecule has 1 aromatic heterocycles. The number of aliphatic hydroxyl groups is 2. The molecule has 0 saturated carbocycles. The van der Waals surface area contributed by atoms with Crippen molar-refractivity contribution in [2.24, 2.45) is 0 Å². The van der Waals surface area contributed by atoms with Crippen LogP contribution in [-0.2, 0) is 4.79 Å². The van der Waals surface area contributed by atoms with Gasteiger partial charge in [0, 0.05) is 41.7 Å². The molecule has 0 spiro atoms. The molecule has 3 atom stereocenters. The fourth-order valence-electron chi connectivity index (χ4n) is 5.41. The van der Waals surface area contributed by atoms with Gasteiger partial charge in [-0.05, 0) is 79.9 Å². The smallest absolute Gasteiger partial charge is 0.550 e. The molecule has 0 saturated heterocycles. The molecule has 0 aliphatic rings. The Morgan fingerprint density at radius 3 is 1.91 bits per heavy atom. The molecule has 0 unspecified atom stereocenters. The summed E-state index contributed by atoms with van der Waals surface area (Å²) in [7, 11) is 1.57. The molecular weight excluding hydrogens is 617 g/mol. The van der Waals surface area contributed by atoms with Gasteiger partial charge in [-0.3, -0.25) is 4.79 Å². The van der Waals surface area contributed by atoms with Gasteiger partial charge in [-0.15, -0.1) is 0 Å². The van der Waals surface area contributed by atoms with Gasteiger partial charge in [0.15, 0.2) is 0 Å². The van der Waals surface area contributed by atoms with Crippen LogP contribution in [0.2, 0.25) is 0 Å². The normalized spacial score (nSPS) is 13.2. The summed E-state index contributed by atoms with van der Waals surface area (Å²) in [5.41, 5.74) is 3.65. The largest absolute Gasteiger partial charge is 1.00 e. The molecule has 0 radical (unpaired) electrons. The van der Waals surface area contributed by atoms with Crippen LogP contribution >= 0.6 is 0 Å². The van der Waals surface area contributed by atoms with E-state index in [1.807, 2.05) is 32.9 Å². The zero-order valence-corrected chi connectivity index (χ0v) is 29.0. The van der Waals surface area contributed by atoms with Gasteiger partial charge in [0.1, 0.15) is 23.1 Å². The van der Waals surface area contributed by atoms with E-state index >= 15 is 0 Å². The predicted octanol–water partition coefficient (Wildman–Crippen LogP) is 2.45. The molecule has 47 heavy (non-hydrogen) atoms. The van der Waals surface area contributed by atoms with Crippen LogP contribution in [0, 0.1) is 11.6 Å².